The van der Waals surface area contributed by atoms with Crippen LogP contribution in [0.25, 0.3) is 0 Å². The lowest BCUT2D eigenvalue weighted by molar-refractivity contribution is 0.392. The molecule has 2 heterocycles. The summed E-state index contributed by atoms with van der Waals surface area (Å²) in [7, 11) is 0. The zero-order chi connectivity index (χ0) is 12.4. The summed E-state index contributed by atoms with van der Waals surface area (Å²) in [6.07, 6.45) is 1.83. The Bertz CT molecular complexity index is 517. The van der Waals surface area contributed by atoms with Crippen LogP contribution in [0.3, 0.4) is 0 Å². The van der Waals surface area contributed by atoms with Gasteiger partial charge in [-0.2, -0.15) is 0 Å². The number of anilines is 1. The molecule has 0 amide bonds. The van der Waals surface area contributed by atoms with E-state index in [4.69, 9.17) is 4.52 Å². The Kier molecular flexibility index (Phi) is 3.47. The number of hydrogen-bond donors (Lipinski definition) is 1. The van der Waals surface area contributed by atoms with Crippen LogP contribution in [0.2, 0.25) is 0 Å². The summed E-state index contributed by atoms with van der Waals surface area (Å²) in [5, 5.41) is 7.18. The normalized spacial score (nSPS) is 10.6. The Morgan fingerprint density at radius 3 is 2.71 bits per heavy atom. The molecule has 0 aliphatic rings. The fraction of sp³-hybridized carbons (Fsp3) is 0.333. The van der Waals surface area contributed by atoms with Crippen molar-refractivity contribution in [2.75, 3.05) is 5.32 Å². The molecule has 0 aliphatic heterocycles. The second-order valence-corrected chi connectivity index (χ2v) is 4.85. The maximum Gasteiger partial charge on any atom is 0.140 e. The zero-order valence-electron chi connectivity index (χ0n) is 10.0. The quantitative estimate of drug-likeness (QED) is 0.943. The highest BCUT2D eigenvalue weighted by Gasteiger charge is 2.09. The van der Waals surface area contributed by atoms with Crippen molar-refractivity contribution in [2.24, 2.45) is 0 Å². The summed E-state index contributed by atoms with van der Waals surface area (Å²) in [6.45, 7) is 6.52. The molecule has 5 heteroatoms. The molecular formula is C12H14BrN3O. The van der Waals surface area contributed by atoms with Crippen molar-refractivity contribution in [3.63, 3.8) is 0 Å². The predicted molar refractivity (Wildman–Crippen MR) is 70.0 cm³/mol. The first-order chi connectivity index (χ1) is 8.08. The summed E-state index contributed by atoms with van der Waals surface area (Å²) in [5.74, 6) is 1.67. The number of nitrogens with one attached hydrogen (secondary N) is 1. The lowest BCUT2D eigenvalue weighted by atomic mass is 10.2. The van der Waals surface area contributed by atoms with E-state index in [1.54, 1.807) is 0 Å². The number of aromatic nitrogens is 2. The monoisotopic (exact) mass is 295 g/mol. The van der Waals surface area contributed by atoms with Gasteiger partial charge in [-0.05, 0) is 48.3 Å². The molecule has 0 atom stereocenters. The first-order valence-corrected chi connectivity index (χ1v) is 6.15. The second-order valence-electron chi connectivity index (χ2n) is 4.00. The maximum absolute atomic E-state index is 5.11. The minimum absolute atomic E-state index is 0.663. The number of halogens is 1. The molecule has 2 aromatic rings. The fourth-order valence-corrected chi connectivity index (χ4v) is 2.19. The molecule has 4 nitrogen and oxygen atoms in total. The van der Waals surface area contributed by atoms with E-state index in [0.29, 0.717) is 6.54 Å². The van der Waals surface area contributed by atoms with Crippen LogP contribution >= 0.6 is 15.9 Å². The minimum Gasteiger partial charge on any atom is -0.365 e. The van der Waals surface area contributed by atoms with E-state index in [1.165, 1.54) is 0 Å². The van der Waals surface area contributed by atoms with Crippen molar-refractivity contribution in [3.8, 4) is 0 Å². The SMILES string of the molecule is Cc1cnc(NCc2c(C)noc2C)c(Br)c1. The molecule has 0 saturated carbocycles. The largest absolute Gasteiger partial charge is 0.365 e. The number of aryl methyl sites for hydroxylation is 3. The van der Waals surface area contributed by atoms with Crippen molar-refractivity contribution >= 4 is 21.7 Å². The Balaban J connectivity index is 2.13. The third kappa shape index (κ3) is 2.66. The second kappa shape index (κ2) is 4.87. The highest BCUT2D eigenvalue weighted by molar-refractivity contribution is 9.10. The molecule has 0 fully saturated rings. The highest BCUT2D eigenvalue weighted by atomic mass is 79.9. The first-order valence-electron chi connectivity index (χ1n) is 5.35. The highest BCUT2D eigenvalue weighted by Crippen LogP contribution is 2.22. The van der Waals surface area contributed by atoms with Gasteiger partial charge in [0.25, 0.3) is 0 Å². The van der Waals surface area contributed by atoms with Crippen LogP contribution in [0, 0.1) is 20.8 Å². The van der Waals surface area contributed by atoms with Crippen LogP contribution in [0.4, 0.5) is 5.82 Å². The molecule has 0 bridgehead atoms. The number of nitrogens with zero attached hydrogens (tertiary/aromatic N) is 2. The Morgan fingerprint density at radius 1 is 1.35 bits per heavy atom. The molecule has 0 aliphatic carbocycles. The summed E-state index contributed by atoms with van der Waals surface area (Å²) in [4.78, 5) is 4.33. The molecule has 0 saturated heterocycles. The Labute approximate surface area is 109 Å². The predicted octanol–water partition coefficient (Wildman–Crippen LogP) is 3.37. The van der Waals surface area contributed by atoms with Crippen LogP contribution in [0.15, 0.2) is 21.3 Å². The molecular weight excluding hydrogens is 282 g/mol. The molecule has 0 aromatic carbocycles. The lowest BCUT2D eigenvalue weighted by Gasteiger charge is -2.07. The smallest absolute Gasteiger partial charge is 0.140 e. The van der Waals surface area contributed by atoms with Gasteiger partial charge in [0.1, 0.15) is 11.6 Å². The van der Waals surface area contributed by atoms with Crippen LogP contribution in [0.1, 0.15) is 22.6 Å². The number of hydrogen-bond acceptors (Lipinski definition) is 4. The van der Waals surface area contributed by atoms with Gasteiger partial charge in [-0.15, -0.1) is 0 Å². The summed E-state index contributed by atoms with van der Waals surface area (Å²) >= 11 is 3.48. The van der Waals surface area contributed by atoms with Crippen molar-refractivity contribution in [1.29, 1.82) is 0 Å². The third-order valence-electron chi connectivity index (χ3n) is 2.59. The van der Waals surface area contributed by atoms with Crippen molar-refractivity contribution in [1.82, 2.24) is 10.1 Å². The summed E-state index contributed by atoms with van der Waals surface area (Å²) in [5.41, 5.74) is 3.12. The van der Waals surface area contributed by atoms with E-state index in [9.17, 15) is 0 Å². The molecule has 17 heavy (non-hydrogen) atoms. The fourth-order valence-electron chi connectivity index (χ4n) is 1.59. The van der Waals surface area contributed by atoms with Gasteiger partial charge in [0, 0.05) is 18.3 Å². The first kappa shape index (κ1) is 12.1. The standard InChI is InChI=1S/C12H14BrN3O/c1-7-4-11(13)12(14-5-7)15-6-10-8(2)16-17-9(10)3/h4-5H,6H2,1-3H3,(H,14,15). The third-order valence-corrected chi connectivity index (χ3v) is 3.20. The van der Waals surface area contributed by atoms with Crippen molar-refractivity contribution < 1.29 is 4.52 Å². The summed E-state index contributed by atoms with van der Waals surface area (Å²) in [6, 6.07) is 2.03. The molecule has 1 N–H and O–H groups in total. The van der Waals surface area contributed by atoms with Crippen molar-refractivity contribution in [3.05, 3.63) is 39.3 Å². The zero-order valence-corrected chi connectivity index (χ0v) is 11.6. The molecule has 0 unspecified atom stereocenters. The van der Waals surface area contributed by atoms with Gasteiger partial charge in [-0.3, -0.25) is 0 Å². The minimum atomic E-state index is 0.663. The lowest BCUT2D eigenvalue weighted by Crippen LogP contribution is -2.03. The number of pyridine rings is 1. The van der Waals surface area contributed by atoms with Gasteiger partial charge in [0.2, 0.25) is 0 Å². The number of rotatable bonds is 3. The molecule has 90 valence electrons. The molecule has 2 aromatic heterocycles. The van der Waals surface area contributed by atoms with Gasteiger partial charge in [-0.25, -0.2) is 4.98 Å². The van der Waals surface area contributed by atoms with Crippen LogP contribution in [-0.4, -0.2) is 10.1 Å². The van der Waals surface area contributed by atoms with Crippen molar-refractivity contribution in [2.45, 2.75) is 27.3 Å². The average molecular weight is 296 g/mol. The van der Waals surface area contributed by atoms with E-state index < -0.39 is 0 Å². The van der Waals surface area contributed by atoms with Gasteiger partial charge in [0.05, 0.1) is 10.2 Å². The summed E-state index contributed by atoms with van der Waals surface area (Å²) < 4.78 is 6.07. The van der Waals surface area contributed by atoms with Crippen LogP contribution < -0.4 is 5.32 Å². The van der Waals surface area contributed by atoms with Gasteiger partial charge in [0.15, 0.2) is 0 Å². The topological polar surface area (TPSA) is 51.0 Å². The van der Waals surface area contributed by atoms with E-state index in [0.717, 1.165) is 32.9 Å². The van der Waals surface area contributed by atoms with Crippen LogP contribution in [-0.2, 0) is 6.54 Å². The van der Waals surface area contributed by atoms with Crippen LogP contribution in [0.5, 0.6) is 0 Å². The van der Waals surface area contributed by atoms with E-state index in [2.05, 4.69) is 31.4 Å². The average Bonchev–Trinajstić information content (AvgIpc) is 2.58. The molecule has 2 rings (SSSR count). The molecule has 0 radical (unpaired) electrons. The van der Waals surface area contributed by atoms with E-state index in [1.807, 2.05) is 33.0 Å². The Morgan fingerprint density at radius 2 is 2.12 bits per heavy atom. The van der Waals surface area contributed by atoms with E-state index >= 15 is 0 Å². The van der Waals surface area contributed by atoms with Gasteiger partial charge in [-0.1, -0.05) is 5.16 Å². The Hall–Kier alpha value is -1.36. The van der Waals surface area contributed by atoms with Gasteiger partial charge < -0.3 is 9.84 Å². The maximum atomic E-state index is 5.11. The molecule has 0 spiro atoms. The van der Waals surface area contributed by atoms with E-state index in [-0.39, 0.29) is 0 Å². The van der Waals surface area contributed by atoms with Gasteiger partial charge >= 0.3 is 0 Å².